The van der Waals surface area contributed by atoms with Crippen molar-refractivity contribution in [1.29, 1.82) is 0 Å². The van der Waals surface area contributed by atoms with Gasteiger partial charge in [0.1, 0.15) is 23.3 Å². The van der Waals surface area contributed by atoms with Gasteiger partial charge in [-0.05, 0) is 53.7 Å². The number of rotatable bonds is 5. The summed E-state index contributed by atoms with van der Waals surface area (Å²) in [6.45, 7) is 15.9. The van der Waals surface area contributed by atoms with Gasteiger partial charge in [0.05, 0.1) is 11.8 Å². The Labute approximate surface area is 197 Å². The summed E-state index contributed by atoms with van der Waals surface area (Å²) in [6, 6.07) is -1.86. The second kappa shape index (κ2) is 8.93. The zero-order valence-electron chi connectivity index (χ0n) is 20.9. The van der Waals surface area contributed by atoms with Gasteiger partial charge in [-0.1, -0.05) is 25.7 Å². The van der Waals surface area contributed by atoms with Gasteiger partial charge < -0.3 is 14.2 Å². The van der Waals surface area contributed by atoms with Crippen LogP contribution in [0.25, 0.3) is 0 Å². The summed E-state index contributed by atoms with van der Waals surface area (Å²) >= 11 is 0. The van der Waals surface area contributed by atoms with Gasteiger partial charge in [-0.3, -0.25) is 0 Å². The molecular weight excluding hydrogens is 468 g/mol. The molecule has 3 atom stereocenters. The Morgan fingerprint density at radius 2 is 1.61 bits per heavy atom. The van der Waals surface area contributed by atoms with Crippen LogP contribution in [0.5, 0.6) is 0 Å². The molecule has 2 aliphatic rings. The molecule has 12 heteroatoms. The average Bonchev–Trinajstić information content (AvgIpc) is 3.07. The highest BCUT2D eigenvalue weighted by molar-refractivity contribution is 7.89. The minimum atomic E-state index is -4.15. The lowest BCUT2D eigenvalue weighted by atomic mass is 10.1. The first-order valence-electron chi connectivity index (χ1n) is 10.9. The van der Waals surface area contributed by atoms with Gasteiger partial charge in [-0.15, -0.1) is 0 Å². The molecule has 33 heavy (non-hydrogen) atoms. The van der Waals surface area contributed by atoms with Crippen LogP contribution in [0.15, 0.2) is 12.2 Å². The molecule has 188 valence electrons. The van der Waals surface area contributed by atoms with Crippen LogP contribution < -0.4 is 0 Å². The first-order chi connectivity index (χ1) is 14.7. The van der Waals surface area contributed by atoms with Crippen LogP contribution in [-0.2, 0) is 24.2 Å². The van der Waals surface area contributed by atoms with Crippen LogP contribution in [0.4, 0.5) is 14.4 Å². The Morgan fingerprint density at radius 1 is 1.06 bits per heavy atom. The monoisotopic (exact) mass is 504 g/mol. The van der Waals surface area contributed by atoms with Crippen LogP contribution in [0.2, 0.25) is 25.7 Å². The smallest absolute Gasteiger partial charge is 0.424 e. The summed E-state index contributed by atoms with van der Waals surface area (Å²) in [5.41, 5.74) is -1.86. The van der Waals surface area contributed by atoms with Gasteiger partial charge in [0.2, 0.25) is 10.0 Å². The zero-order valence-corrected chi connectivity index (χ0v) is 22.7. The van der Waals surface area contributed by atoms with E-state index in [2.05, 4.69) is 0 Å². The highest BCUT2D eigenvalue weighted by atomic mass is 32.2. The standard InChI is InChI=1S/C21H36N2O8SSi/c1-20(2,3)30-18(25)22-16-14(10-11-15(16)29-17(22)24)23(19(26)31-21(4,5)6)32(27,28)12-13-33(7,8)9/h10-11,14-16H,12-13H2,1-9H3/t14-,15-,16+/m1/s1. The maximum atomic E-state index is 13.4. The zero-order chi connectivity index (χ0) is 25.6. The number of fused-ring (bicyclic) bond motifs is 1. The molecule has 1 aliphatic carbocycles. The van der Waals surface area contributed by atoms with Gasteiger partial charge in [-0.2, -0.15) is 4.31 Å². The van der Waals surface area contributed by atoms with Crippen molar-refractivity contribution in [3.8, 4) is 0 Å². The third kappa shape index (κ3) is 6.95. The maximum absolute atomic E-state index is 13.4. The number of ether oxygens (including phenoxy) is 3. The molecule has 1 fully saturated rings. The van der Waals surface area contributed by atoms with E-state index >= 15 is 0 Å². The lowest BCUT2D eigenvalue weighted by Gasteiger charge is -2.35. The minimum Gasteiger partial charge on any atom is -0.443 e. The Hall–Kier alpha value is -2.08. The fourth-order valence-corrected chi connectivity index (χ4v) is 7.84. The lowest BCUT2D eigenvalue weighted by molar-refractivity contribution is 0.0187. The molecule has 0 aromatic carbocycles. The van der Waals surface area contributed by atoms with Crippen LogP contribution in [0.3, 0.4) is 0 Å². The first-order valence-corrected chi connectivity index (χ1v) is 16.2. The highest BCUT2D eigenvalue weighted by Crippen LogP contribution is 2.35. The molecule has 0 unspecified atom stereocenters. The van der Waals surface area contributed by atoms with Crippen molar-refractivity contribution in [2.75, 3.05) is 5.75 Å². The fraction of sp³-hybridized carbons (Fsp3) is 0.762. The fourth-order valence-electron chi connectivity index (χ4n) is 3.33. The molecular formula is C21H36N2O8SSi. The van der Waals surface area contributed by atoms with E-state index < -0.39 is 65.8 Å². The molecule has 0 radical (unpaired) electrons. The van der Waals surface area contributed by atoms with E-state index in [0.717, 1.165) is 4.90 Å². The SMILES string of the molecule is CC(C)(C)OC(=O)N1C(=O)O[C@@H]2C=C[C@@H](N(C(=O)OC(C)(C)C)S(=O)(=O)CC[Si](C)(C)C)[C@@H]21. The Balaban J connectivity index is 2.47. The van der Waals surface area contributed by atoms with Gasteiger partial charge in [0.25, 0.3) is 0 Å². The molecule has 0 bridgehead atoms. The van der Waals surface area contributed by atoms with Crippen molar-refractivity contribution in [2.24, 2.45) is 0 Å². The van der Waals surface area contributed by atoms with Crippen molar-refractivity contribution in [3.05, 3.63) is 12.2 Å². The Bertz CT molecular complexity index is 927. The van der Waals surface area contributed by atoms with Crippen molar-refractivity contribution in [1.82, 2.24) is 9.21 Å². The van der Waals surface area contributed by atoms with E-state index in [1.807, 2.05) is 19.6 Å². The van der Waals surface area contributed by atoms with Gasteiger partial charge >= 0.3 is 18.3 Å². The molecule has 0 saturated carbocycles. The summed E-state index contributed by atoms with van der Waals surface area (Å²) in [5.74, 6) is -0.259. The molecule has 3 amide bonds. The molecule has 0 spiro atoms. The van der Waals surface area contributed by atoms with E-state index in [0.29, 0.717) is 10.3 Å². The molecule has 2 rings (SSSR count). The summed E-state index contributed by atoms with van der Waals surface area (Å²) in [7, 11) is -5.92. The summed E-state index contributed by atoms with van der Waals surface area (Å²) in [6.07, 6.45) is -0.989. The van der Waals surface area contributed by atoms with E-state index in [4.69, 9.17) is 14.2 Å². The number of nitrogens with zero attached hydrogens (tertiary/aromatic N) is 2. The predicted molar refractivity (Wildman–Crippen MR) is 125 cm³/mol. The van der Waals surface area contributed by atoms with Gasteiger partial charge in [-0.25, -0.2) is 27.7 Å². The molecule has 1 saturated heterocycles. The predicted octanol–water partition coefficient (Wildman–Crippen LogP) is 3.95. The lowest BCUT2D eigenvalue weighted by Crippen LogP contribution is -2.57. The number of imide groups is 1. The topological polar surface area (TPSA) is 120 Å². The largest absolute Gasteiger partial charge is 0.443 e. The third-order valence-electron chi connectivity index (χ3n) is 4.76. The summed E-state index contributed by atoms with van der Waals surface area (Å²) in [4.78, 5) is 39.1. The van der Waals surface area contributed by atoms with E-state index in [1.165, 1.54) is 12.2 Å². The van der Waals surface area contributed by atoms with E-state index in [-0.39, 0.29) is 5.75 Å². The molecule has 1 heterocycles. The van der Waals surface area contributed by atoms with Crippen molar-refractivity contribution in [2.45, 2.75) is 96.6 Å². The van der Waals surface area contributed by atoms with Crippen molar-refractivity contribution < 1.29 is 37.0 Å². The summed E-state index contributed by atoms with van der Waals surface area (Å²) < 4.78 is 43.5. The van der Waals surface area contributed by atoms with Gasteiger partial charge in [0, 0.05) is 8.07 Å². The number of carbonyl (C=O) groups excluding carboxylic acids is 3. The number of hydrogen-bond acceptors (Lipinski definition) is 8. The van der Waals surface area contributed by atoms with Crippen molar-refractivity contribution >= 4 is 36.4 Å². The summed E-state index contributed by atoms with van der Waals surface area (Å²) in [5, 5.41) is 0. The average molecular weight is 505 g/mol. The van der Waals surface area contributed by atoms with E-state index in [1.54, 1.807) is 41.5 Å². The third-order valence-corrected chi connectivity index (χ3v) is 8.58. The van der Waals surface area contributed by atoms with Crippen LogP contribution in [-0.4, -0.2) is 79.1 Å². The maximum Gasteiger partial charge on any atom is 0.424 e. The van der Waals surface area contributed by atoms with Crippen LogP contribution in [0.1, 0.15) is 41.5 Å². The number of sulfonamides is 1. The molecule has 0 N–H and O–H groups in total. The molecule has 0 aromatic rings. The van der Waals surface area contributed by atoms with Gasteiger partial charge in [0.15, 0.2) is 0 Å². The van der Waals surface area contributed by atoms with Crippen LogP contribution in [0, 0.1) is 0 Å². The normalized spacial score (nSPS) is 23.2. The second-order valence-electron chi connectivity index (χ2n) is 11.5. The highest BCUT2D eigenvalue weighted by Gasteiger charge is 2.56. The quantitative estimate of drug-likeness (QED) is 0.313. The Kier molecular flexibility index (Phi) is 7.35. The van der Waals surface area contributed by atoms with E-state index in [9.17, 15) is 22.8 Å². The Morgan fingerprint density at radius 3 is 2.09 bits per heavy atom. The minimum absolute atomic E-state index is 0.259. The second-order valence-corrected chi connectivity index (χ2v) is 19.1. The van der Waals surface area contributed by atoms with Crippen LogP contribution >= 0.6 is 0 Å². The molecule has 0 aromatic heterocycles. The number of amides is 3. The van der Waals surface area contributed by atoms with Crippen molar-refractivity contribution in [3.63, 3.8) is 0 Å². The molecule has 10 nitrogen and oxygen atoms in total. The molecule has 1 aliphatic heterocycles. The number of carbonyl (C=O) groups is 3. The number of hydrogen-bond donors (Lipinski definition) is 0. The first kappa shape index (κ1) is 27.2.